The van der Waals surface area contributed by atoms with Crippen LogP contribution in [0.5, 0.6) is 0 Å². The minimum atomic E-state index is -0.306. The van der Waals surface area contributed by atoms with Crippen molar-refractivity contribution in [1.82, 2.24) is 15.2 Å². The summed E-state index contributed by atoms with van der Waals surface area (Å²) in [5.41, 5.74) is 10.7. The molecule has 0 unspecified atom stereocenters. The first-order valence-electron chi connectivity index (χ1n) is 6.93. The zero-order chi connectivity index (χ0) is 15.3. The molecule has 2 aromatic heterocycles. The molecule has 0 amide bonds. The molecule has 0 radical (unpaired) electrons. The van der Waals surface area contributed by atoms with E-state index >= 15 is 0 Å². The van der Waals surface area contributed by atoms with Crippen molar-refractivity contribution in [2.45, 2.75) is 6.92 Å². The summed E-state index contributed by atoms with van der Waals surface area (Å²) in [6, 6.07) is 12.2. The third kappa shape index (κ3) is 1.90. The van der Waals surface area contributed by atoms with Gasteiger partial charge in [-0.25, -0.2) is 9.37 Å². The summed E-state index contributed by atoms with van der Waals surface area (Å²) in [5, 5.41) is 8.76. The summed E-state index contributed by atoms with van der Waals surface area (Å²) in [7, 11) is 0. The van der Waals surface area contributed by atoms with E-state index < -0.39 is 0 Å². The average molecular weight is 292 g/mol. The Morgan fingerprint density at radius 2 is 1.91 bits per heavy atom. The minimum Gasteiger partial charge on any atom is -0.398 e. The number of hydrogen-bond acceptors (Lipinski definition) is 3. The number of aromatic amines is 1. The molecule has 2 aromatic carbocycles. The maximum absolute atomic E-state index is 13.5. The Morgan fingerprint density at radius 3 is 2.77 bits per heavy atom. The van der Waals surface area contributed by atoms with Crippen LogP contribution in [-0.2, 0) is 0 Å². The van der Waals surface area contributed by atoms with Gasteiger partial charge in [0.1, 0.15) is 11.5 Å². The lowest BCUT2D eigenvalue weighted by atomic mass is 10.1. The number of rotatable bonds is 1. The van der Waals surface area contributed by atoms with Crippen LogP contribution in [0.15, 0.2) is 42.5 Å². The van der Waals surface area contributed by atoms with Crippen LogP contribution in [0.2, 0.25) is 0 Å². The predicted octanol–water partition coefficient (Wildman–Crippen LogP) is 3.81. The summed E-state index contributed by atoms with van der Waals surface area (Å²) < 4.78 is 13.5. The van der Waals surface area contributed by atoms with Crippen LogP contribution in [0.3, 0.4) is 0 Å². The van der Waals surface area contributed by atoms with Gasteiger partial charge in [-0.1, -0.05) is 12.1 Å². The monoisotopic (exact) mass is 292 g/mol. The van der Waals surface area contributed by atoms with Crippen LogP contribution in [0.25, 0.3) is 33.2 Å². The third-order valence-corrected chi connectivity index (χ3v) is 3.76. The Bertz CT molecular complexity index is 1020. The van der Waals surface area contributed by atoms with Gasteiger partial charge in [-0.3, -0.25) is 5.10 Å². The van der Waals surface area contributed by atoms with Crippen molar-refractivity contribution in [2.75, 3.05) is 5.73 Å². The lowest BCUT2D eigenvalue weighted by molar-refractivity contribution is 0.630. The van der Waals surface area contributed by atoms with Crippen molar-refractivity contribution in [2.24, 2.45) is 0 Å². The van der Waals surface area contributed by atoms with Gasteiger partial charge >= 0.3 is 0 Å². The number of aromatic nitrogens is 3. The van der Waals surface area contributed by atoms with Crippen molar-refractivity contribution in [3.63, 3.8) is 0 Å². The minimum absolute atomic E-state index is 0.306. The molecular formula is C17H13FN4. The highest BCUT2D eigenvalue weighted by atomic mass is 19.1. The molecule has 0 saturated heterocycles. The van der Waals surface area contributed by atoms with E-state index in [-0.39, 0.29) is 5.82 Å². The Morgan fingerprint density at radius 1 is 1.05 bits per heavy atom. The number of fused-ring (bicyclic) bond motifs is 2. The molecule has 2 heterocycles. The molecule has 3 N–H and O–H groups in total. The van der Waals surface area contributed by atoms with Gasteiger partial charge in [-0.2, -0.15) is 5.10 Å². The van der Waals surface area contributed by atoms with Gasteiger partial charge in [0.2, 0.25) is 0 Å². The first-order chi connectivity index (χ1) is 10.6. The second-order valence-corrected chi connectivity index (χ2v) is 5.38. The summed E-state index contributed by atoms with van der Waals surface area (Å²) in [6.45, 7) is 2.00. The van der Waals surface area contributed by atoms with Gasteiger partial charge in [0, 0.05) is 16.5 Å². The van der Waals surface area contributed by atoms with Gasteiger partial charge in [-0.05, 0) is 42.8 Å². The fraction of sp³-hybridized carbons (Fsp3) is 0.0588. The number of H-pyrrole nitrogens is 1. The zero-order valence-corrected chi connectivity index (χ0v) is 11.9. The van der Waals surface area contributed by atoms with Gasteiger partial charge in [0.15, 0.2) is 0 Å². The molecule has 4 rings (SSSR count). The molecule has 0 aliphatic heterocycles. The fourth-order valence-electron chi connectivity index (χ4n) is 2.67. The number of aryl methyl sites for hydroxylation is 1. The van der Waals surface area contributed by atoms with E-state index in [0.29, 0.717) is 22.5 Å². The van der Waals surface area contributed by atoms with E-state index in [4.69, 9.17) is 5.73 Å². The molecule has 22 heavy (non-hydrogen) atoms. The Balaban J connectivity index is 2.01. The van der Waals surface area contributed by atoms with Gasteiger partial charge < -0.3 is 5.73 Å². The molecular weight excluding hydrogens is 279 g/mol. The summed E-state index contributed by atoms with van der Waals surface area (Å²) in [4.78, 5) is 4.63. The second kappa shape index (κ2) is 4.53. The molecule has 0 bridgehead atoms. The smallest absolute Gasteiger partial charge is 0.124 e. The number of anilines is 1. The van der Waals surface area contributed by atoms with Crippen LogP contribution < -0.4 is 5.73 Å². The Kier molecular flexibility index (Phi) is 2.63. The zero-order valence-electron chi connectivity index (χ0n) is 11.9. The molecule has 0 atom stereocenters. The van der Waals surface area contributed by atoms with Crippen LogP contribution in [0, 0.1) is 12.7 Å². The quantitative estimate of drug-likeness (QED) is 0.560. The number of benzene rings is 2. The van der Waals surface area contributed by atoms with E-state index in [2.05, 4.69) is 15.2 Å². The largest absolute Gasteiger partial charge is 0.398 e. The predicted molar refractivity (Wildman–Crippen MR) is 85.9 cm³/mol. The highest BCUT2D eigenvalue weighted by Gasteiger charge is 2.12. The first kappa shape index (κ1) is 12.8. The summed E-state index contributed by atoms with van der Waals surface area (Å²) in [5.74, 6) is -0.306. The van der Waals surface area contributed by atoms with E-state index in [0.717, 1.165) is 22.0 Å². The van der Waals surface area contributed by atoms with Gasteiger partial charge in [0.05, 0.1) is 16.7 Å². The van der Waals surface area contributed by atoms with Crippen molar-refractivity contribution in [1.29, 1.82) is 0 Å². The Hall–Kier alpha value is -2.95. The van der Waals surface area contributed by atoms with E-state index in [9.17, 15) is 4.39 Å². The van der Waals surface area contributed by atoms with E-state index in [1.165, 1.54) is 12.1 Å². The normalized spacial score (nSPS) is 11.4. The van der Waals surface area contributed by atoms with Crippen molar-refractivity contribution < 1.29 is 4.39 Å². The third-order valence-electron chi connectivity index (χ3n) is 3.76. The number of nitrogens with one attached hydrogen (secondary N) is 1. The van der Waals surface area contributed by atoms with Gasteiger partial charge in [-0.15, -0.1) is 0 Å². The lowest BCUT2D eigenvalue weighted by Gasteiger charge is -2.06. The van der Waals surface area contributed by atoms with Crippen molar-refractivity contribution in [3.05, 3.63) is 53.8 Å². The molecule has 5 heteroatoms. The van der Waals surface area contributed by atoms with E-state index in [1.807, 2.05) is 25.1 Å². The topological polar surface area (TPSA) is 67.6 Å². The number of nitrogens with two attached hydrogens (primary N) is 1. The van der Waals surface area contributed by atoms with Crippen molar-refractivity contribution in [3.8, 4) is 11.4 Å². The molecule has 0 spiro atoms. The molecule has 108 valence electrons. The number of nitrogen functional groups attached to an aromatic ring is 1. The molecule has 0 aliphatic carbocycles. The van der Waals surface area contributed by atoms with E-state index in [1.54, 1.807) is 12.1 Å². The standard InChI is InChI=1S/C17H13FN4/c1-9-2-4-11-13(19)8-16(20-15(11)6-9)17-12-7-10(18)3-5-14(12)21-22-17/h2-8H,1H3,(H2,19,20)(H,21,22). The number of hydrogen-bond donors (Lipinski definition) is 2. The SMILES string of the molecule is Cc1ccc2c(N)cc(-c3n[nH]c4ccc(F)cc34)nc2c1. The molecule has 4 nitrogen and oxygen atoms in total. The molecule has 0 fully saturated rings. The van der Waals surface area contributed by atoms with Crippen LogP contribution in [0.4, 0.5) is 10.1 Å². The fourth-order valence-corrected chi connectivity index (χ4v) is 2.67. The highest BCUT2D eigenvalue weighted by Crippen LogP contribution is 2.30. The van der Waals surface area contributed by atoms with Crippen LogP contribution >= 0.6 is 0 Å². The maximum Gasteiger partial charge on any atom is 0.124 e. The van der Waals surface area contributed by atoms with Gasteiger partial charge in [0.25, 0.3) is 0 Å². The van der Waals surface area contributed by atoms with Crippen molar-refractivity contribution >= 4 is 27.5 Å². The number of halogens is 1. The highest BCUT2D eigenvalue weighted by molar-refractivity contribution is 5.97. The average Bonchev–Trinajstić information content (AvgIpc) is 2.89. The second-order valence-electron chi connectivity index (χ2n) is 5.38. The summed E-state index contributed by atoms with van der Waals surface area (Å²) in [6.07, 6.45) is 0. The first-order valence-corrected chi connectivity index (χ1v) is 6.93. The molecule has 0 aliphatic rings. The maximum atomic E-state index is 13.5. The lowest BCUT2D eigenvalue weighted by Crippen LogP contribution is -1.93. The summed E-state index contributed by atoms with van der Waals surface area (Å²) >= 11 is 0. The van der Waals surface area contributed by atoms with Crippen LogP contribution in [0.1, 0.15) is 5.56 Å². The Labute approximate surface area is 125 Å². The molecule has 0 saturated carbocycles. The molecule has 4 aromatic rings. The van der Waals surface area contributed by atoms with Crippen LogP contribution in [-0.4, -0.2) is 15.2 Å². The number of nitrogens with zero attached hydrogens (tertiary/aromatic N) is 2. The number of pyridine rings is 1.